The van der Waals surface area contributed by atoms with Crippen molar-refractivity contribution in [1.82, 2.24) is 9.80 Å². The number of hydrogen-bond donors (Lipinski definition) is 0. The molecule has 0 unspecified atom stereocenters. The maximum Gasteiger partial charge on any atom is 0.254 e. The average Bonchev–Trinajstić information content (AvgIpc) is 2.75. The number of ether oxygens (including phenoxy) is 2. The van der Waals surface area contributed by atoms with Gasteiger partial charge in [-0.05, 0) is 51.5 Å². The lowest BCUT2D eigenvalue weighted by molar-refractivity contribution is 0.0649. The quantitative estimate of drug-likeness (QED) is 0.617. The lowest BCUT2D eigenvalue weighted by Gasteiger charge is -2.34. The van der Waals surface area contributed by atoms with Crippen LogP contribution in [0.15, 0.2) is 54.6 Å². The van der Waals surface area contributed by atoms with Gasteiger partial charge in [-0.3, -0.25) is 9.69 Å². The van der Waals surface area contributed by atoms with E-state index in [0.717, 1.165) is 32.7 Å². The molecule has 0 radical (unpaired) electrons. The number of amides is 1. The van der Waals surface area contributed by atoms with Crippen LogP contribution >= 0.6 is 0 Å². The standard InChI is InChI=1S/C26H34N2O3/c1-20(2)30-24-13-12-23(19-25(24)31-21(3)4)26(29)28-17-15-27(16-18-28)14-8-11-22-9-6-5-7-10-22/h5-13,19-21H,14-18H2,1-4H3/b11-8+. The smallest absolute Gasteiger partial charge is 0.254 e. The molecule has 3 rings (SSSR count). The lowest BCUT2D eigenvalue weighted by atomic mass is 10.1. The lowest BCUT2D eigenvalue weighted by Crippen LogP contribution is -2.48. The van der Waals surface area contributed by atoms with Crippen LogP contribution in [0.2, 0.25) is 0 Å². The van der Waals surface area contributed by atoms with Crippen molar-refractivity contribution in [3.05, 3.63) is 65.7 Å². The Labute approximate surface area is 186 Å². The van der Waals surface area contributed by atoms with Gasteiger partial charge in [-0.2, -0.15) is 0 Å². The van der Waals surface area contributed by atoms with Crippen LogP contribution < -0.4 is 9.47 Å². The van der Waals surface area contributed by atoms with Gasteiger partial charge in [-0.1, -0.05) is 42.5 Å². The molecule has 1 heterocycles. The molecule has 0 bridgehead atoms. The number of hydrogen-bond acceptors (Lipinski definition) is 4. The SMILES string of the molecule is CC(C)Oc1ccc(C(=O)N2CCN(C/C=C/c3ccccc3)CC2)cc1OC(C)C. The molecule has 0 aromatic heterocycles. The molecule has 0 spiro atoms. The Hall–Kier alpha value is -2.79. The number of carbonyl (C=O) groups is 1. The molecule has 2 aromatic carbocycles. The summed E-state index contributed by atoms with van der Waals surface area (Å²) in [5.74, 6) is 1.35. The normalized spacial score (nSPS) is 15.1. The van der Waals surface area contributed by atoms with E-state index in [4.69, 9.17) is 9.47 Å². The highest BCUT2D eigenvalue weighted by atomic mass is 16.5. The third-order valence-corrected chi connectivity index (χ3v) is 5.05. The van der Waals surface area contributed by atoms with Crippen LogP contribution in [0.3, 0.4) is 0 Å². The first-order valence-corrected chi connectivity index (χ1v) is 11.1. The van der Waals surface area contributed by atoms with E-state index >= 15 is 0 Å². The van der Waals surface area contributed by atoms with Crippen molar-refractivity contribution < 1.29 is 14.3 Å². The summed E-state index contributed by atoms with van der Waals surface area (Å²) in [5.41, 5.74) is 1.85. The molecule has 1 amide bonds. The Bertz CT molecular complexity index is 869. The van der Waals surface area contributed by atoms with Crippen molar-refractivity contribution in [3.8, 4) is 11.5 Å². The Morgan fingerprint density at radius 3 is 2.19 bits per heavy atom. The summed E-state index contributed by atoms with van der Waals surface area (Å²) in [4.78, 5) is 17.4. The van der Waals surface area contributed by atoms with Gasteiger partial charge in [0.05, 0.1) is 12.2 Å². The first-order valence-electron chi connectivity index (χ1n) is 11.1. The van der Waals surface area contributed by atoms with Gasteiger partial charge >= 0.3 is 0 Å². The molecule has 5 heteroatoms. The van der Waals surface area contributed by atoms with Crippen molar-refractivity contribution >= 4 is 12.0 Å². The van der Waals surface area contributed by atoms with Gasteiger partial charge in [0.25, 0.3) is 5.91 Å². The highest BCUT2D eigenvalue weighted by molar-refractivity contribution is 5.95. The van der Waals surface area contributed by atoms with Gasteiger partial charge in [0.15, 0.2) is 11.5 Å². The van der Waals surface area contributed by atoms with Gasteiger partial charge in [-0.25, -0.2) is 0 Å². The Balaban J connectivity index is 1.57. The van der Waals surface area contributed by atoms with Gasteiger partial charge < -0.3 is 14.4 Å². The topological polar surface area (TPSA) is 42.0 Å². The summed E-state index contributed by atoms with van der Waals surface area (Å²) in [7, 11) is 0. The maximum atomic E-state index is 13.1. The molecule has 5 nitrogen and oxygen atoms in total. The summed E-state index contributed by atoms with van der Waals surface area (Å²) < 4.78 is 11.8. The fraction of sp³-hybridized carbons (Fsp3) is 0.423. The van der Waals surface area contributed by atoms with E-state index in [0.29, 0.717) is 17.1 Å². The van der Waals surface area contributed by atoms with E-state index < -0.39 is 0 Å². The van der Waals surface area contributed by atoms with E-state index in [-0.39, 0.29) is 18.1 Å². The first kappa shape index (κ1) is 22.9. The van der Waals surface area contributed by atoms with Crippen LogP contribution in [-0.2, 0) is 0 Å². The van der Waals surface area contributed by atoms with Crippen LogP contribution in [0.1, 0.15) is 43.6 Å². The second-order valence-electron chi connectivity index (χ2n) is 8.40. The zero-order valence-corrected chi connectivity index (χ0v) is 19.1. The first-order chi connectivity index (χ1) is 14.9. The van der Waals surface area contributed by atoms with E-state index in [1.54, 1.807) is 0 Å². The third-order valence-electron chi connectivity index (χ3n) is 5.05. The largest absolute Gasteiger partial charge is 0.487 e. The highest BCUT2D eigenvalue weighted by Gasteiger charge is 2.23. The fourth-order valence-corrected chi connectivity index (χ4v) is 3.56. The minimum atomic E-state index is 0.00681. The second kappa shape index (κ2) is 11.0. The predicted octanol–water partition coefficient (Wildman–Crippen LogP) is 4.73. The fourth-order valence-electron chi connectivity index (χ4n) is 3.56. The zero-order chi connectivity index (χ0) is 22.2. The molecule has 1 fully saturated rings. The maximum absolute atomic E-state index is 13.1. The second-order valence-corrected chi connectivity index (χ2v) is 8.40. The molecule has 0 N–H and O–H groups in total. The van der Waals surface area contributed by atoms with Crippen molar-refractivity contribution in [3.63, 3.8) is 0 Å². The number of benzene rings is 2. The molecule has 31 heavy (non-hydrogen) atoms. The van der Waals surface area contributed by atoms with Gasteiger partial charge in [0, 0.05) is 38.3 Å². The monoisotopic (exact) mass is 422 g/mol. The molecule has 0 aliphatic carbocycles. The van der Waals surface area contributed by atoms with E-state index in [1.807, 2.05) is 69.0 Å². The molecule has 0 atom stereocenters. The number of carbonyl (C=O) groups excluding carboxylic acids is 1. The van der Waals surface area contributed by atoms with E-state index in [9.17, 15) is 4.79 Å². The van der Waals surface area contributed by atoms with Crippen LogP contribution in [0, 0.1) is 0 Å². The van der Waals surface area contributed by atoms with E-state index in [2.05, 4.69) is 29.2 Å². The summed E-state index contributed by atoms with van der Waals surface area (Å²) in [6.45, 7) is 12.0. The minimum absolute atomic E-state index is 0.00681. The molecular weight excluding hydrogens is 388 g/mol. The van der Waals surface area contributed by atoms with Crippen molar-refractivity contribution in [2.75, 3.05) is 32.7 Å². The molecule has 0 saturated carbocycles. The zero-order valence-electron chi connectivity index (χ0n) is 19.1. The average molecular weight is 423 g/mol. The van der Waals surface area contributed by atoms with Crippen molar-refractivity contribution in [2.45, 2.75) is 39.9 Å². The molecule has 1 saturated heterocycles. The minimum Gasteiger partial charge on any atom is -0.487 e. The van der Waals surface area contributed by atoms with E-state index in [1.165, 1.54) is 5.56 Å². The summed E-state index contributed by atoms with van der Waals surface area (Å²) in [6.07, 6.45) is 4.39. The van der Waals surface area contributed by atoms with Crippen LogP contribution in [0.25, 0.3) is 6.08 Å². The third kappa shape index (κ3) is 6.86. The van der Waals surface area contributed by atoms with Gasteiger partial charge in [-0.15, -0.1) is 0 Å². The van der Waals surface area contributed by atoms with Crippen molar-refractivity contribution in [2.24, 2.45) is 0 Å². The summed E-state index contributed by atoms with van der Waals surface area (Å²) >= 11 is 0. The number of nitrogens with zero attached hydrogens (tertiary/aromatic N) is 2. The molecule has 1 aliphatic rings. The predicted molar refractivity (Wildman–Crippen MR) is 126 cm³/mol. The number of rotatable bonds is 8. The van der Waals surface area contributed by atoms with Gasteiger partial charge in [0.2, 0.25) is 0 Å². The molecule has 1 aliphatic heterocycles. The summed E-state index contributed by atoms with van der Waals surface area (Å²) in [6, 6.07) is 15.8. The molecular formula is C26H34N2O3. The van der Waals surface area contributed by atoms with Crippen LogP contribution in [-0.4, -0.2) is 60.6 Å². The van der Waals surface area contributed by atoms with Crippen molar-refractivity contribution in [1.29, 1.82) is 0 Å². The Morgan fingerprint density at radius 1 is 0.903 bits per heavy atom. The molecule has 2 aromatic rings. The van der Waals surface area contributed by atoms with Crippen LogP contribution in [0.5, 0.6) is 11.5 Å². The molecule has 166 valence electrons. The highest BCUT2D eigenvalue weighted by Crippen LogP contribution is 2.31. The van der Waals surface area contributed by atoms with Gasteiger partial charge in [0.1, 0.15) is 0 Å². The summed E-state index contributed by atoms with van der Waals surface area (Å²) in [5, 5.41) is 0. The number of piperazine rings is 1. The van der Waals surface area contributed by atoms with Crippen LogP contribution in [0.4, 0.5) is 0 Å². The Morgan fingerprint density at radius 2 is 1.55 bits per heavy atom. The Kier molecular flexibility index (Phi) is 8.13.